The lowest BCUT2D eigenvalue weighted by Gasteiger charge is -2.27. The number of aliphatic hydroxyl groups is 1. The maximum atomic E-state index is 10.6. The average molecular weight is 478 g/mol. The summed E-state index contributed by atoms with van der Waals surface area (Å²) in [5.41, 5.74) is 2.81. The number of hydrogen-bond acceptors (Lipinski definition) is 6. The molecule has 7 heteroatoms. The summed E-state index contributed by atoms with van der Waals surface area (Å²) in [5.74, 6) is 4.93. The van der Waals surface area contributed by atoms with E-state index in [2.05, 4.69) is 24.7 Å². The van der Waals surface area contributed by atoms with Gasteiger partial charge in [0.2, 0.25) is 5.88 Å². The number of hydrogen-bond donors (Lipinski definition) is 1. The molecule has 0 bridgehead atoms. The smallest absolute Gasteiger partial charge is 0.222 e. The molecule has 35 heavy (non-hydrogen) atoms. The van der Waals surface area contributed by atoms with Crippen LogP contribution in [-0.2, 0) is 18.3 Å². The van der Waals surface area contributed by atoms with E-state index in [-0.39, 0.29) is 13.2 Å². The Bertz CT molecular complexity index is 1090. The summed E-state index contributed by atoms with van der Waals surface area (Å²) in [4.78, 5) is 2.21. The van der Waals surface area contributed by atoms with Crippen molar-refractivity contribution < 1.29 is 19.3 Å². The molecule has 0 aliphatic heterocycles. The first-order chi connectivity index (χ1) is 16.9. The second kappa shape index (κ2) is 13.0. The molecule has 0 saturated carbocycles. The maximum Gasteiger partial charge on any atom is 0.222 e. The maximum absolute atomic E-state index is 10.6. The van der Waals surface area contributed by atoms with E-state index < -0.39 is 6.10 Å². The van der Waals surface area contributed by atoms with E-state index in [1.807, 2.05) is 61.6 Å². The Morgan fingerprint density at radius 2 is 1.74 bits per heavy atom. The largest absolute Gasteiger partial charge is 0.497 e. The predicted molar refractivity (Wildman–Crippen MR) is 137 cm³/mol. The van der Waals surface area contributed by atoms with Gasteiger partial charge in [0.05, 0.1) is 25.4 Å². The van der Waals surface area contributed by atoms with Gasteiger partial charge in [0.25, 0.3) is 0 Å². The summed E-state index contributed by atoms with van der Waals surface area (Å²) < 4.78 is 18.7. The molecule has 0 saturated heterocycles. The van der Waals surface area contributed by atoms with E-state index in [1.54, 1.807) is 11.8 Å². The van der Waals surface area contributed by atoms with Crippen molar-refractivity contribution >= 4 is 0 Å². The van der Waals surface area contributed by atoms with Crippen LogP contribution < -0.4 is 9.47 Å². The van der Waals surface area contributed by atoms with Gasteiger partial charge in [-0.25, -0.2) is 4.68 Å². The molecule has 0 aliphatic carbocycles. The lowest BCUT2D eigenvalue weighted by Crippen LogP contribution is -2.37. The number of methoxy groups -OCH3 is 1. The molecule has 1 N–H and O–H groups in total. The molecule has 1 unspecified atom stereocenters. The highest BCUT2D eigenvalue weighted by Crippen LogP contribution is 2.34. The van der Waals surface area contributed by atoms with Crippen molar-refractivity contribution in [2.24, 2.45) is 13.0 Å². The van der Waals surface area contributed by atoms with Crippen LogP contribution in [-0.4, -0.2) is 59.3 Å². The SMILES string of the molecule is C#CCOCC(O)CN(Cc1c(-c2ccccc2)nn(C)c1Oc1ccc(OC)cc1)CC(C)C. The van der Waals surface area contributed by atoms with Crippen LogP contribution in [0.1, 0.15) is 19.4 Å². The van der Waals surface area contributed by atoms with Gasteiger partial charge in [0.1, 0.15) is 23.8 Å². The van der Waals surface area contributed by atoms with Crippen LogP contribution in [0.15, 0.2) is 54.6 Å². The van der Waals surface area contributed by atoms with E-state index in [1.165, 1.54) is 0 Å². The third kappa shape index (κ3) is 7.59. The van der Waals surface area contributed by atoms with Crippen molar-refractivity contribution in [3.8, 4) is 41.0 Å². The van der Waals surface area contributed by atoms with Gasteiger partial charge in [-0.1, -0.05) is 50.1 Å². The predicted octanol–water partition coefficient (Wildman–Crippen LogP) is 4.36. The number of benzene rings is 2. The molecule has 3 aromatic rings. The van der Waals surface area contributed by atoms with Gasteiger partial charge in [0.15, 0.2) is 0 Å². The molecule has 0 amide bonds. The Hall–Kier alpha value is -3.31. The fourth-order valence-corrected chi connectivity index (χ4v) is 3.95. The van der Waals surface area contributed by atoms with E-state index in [0.29, 0.717) is 30.6 Å². The van der Waals surface area contributed by atoms with Crippen LogP contribution >= 0.6 is 0 Å². The van der Waals surface area contributed by atoms with E-state index in [9.17, 15) is 5.11 Å². The second-order valence-corrected chi connectivity index (χ2v) is 8.86. The van der Waals surface area contributed by atoms with Gasteiger partial charge in [-0.05, 0) is 30.2 Å². The highest BCUT2D eigenvalue weighted by Gasteiger charge is 2.24. The topological polar surface area (TPSA) is 69.0 Å². The Labute approximate surface area is 208 Å². The van der Waals surface area contributed by atoms with Crippen molar-refractivity contribution in [3.05, 3.63) is 60.2 Å². The number of ether oxygens (including phenoxy) is 3. The molecule has 3 rings (SSSR count). The molecular formula is C28H35N3O4. The fourth-order valence-electron chi connectivity index (χ4n) is 3.95. The van der Waals surface area contributed by atoms with Crippen molar-refractivity contribution in [1.82, 2.24) is 14.7 Å². The normalized spacial score (nSPS) is 12.1. The molecule has 7 nitrogen and oxygen atoms in total. The van der Waals surface area contributed by atoms with Crippen LogP contribution in [0.25, 0.3) is 11.3 Å². The van der Waals surface area contributed by atoms with Gasteiger partial charge < -0.3 is 19.3 Å². The number of terminal acetylenes is 1. The number of aliphatic hydroxyl groups excluding tert-OH is 1. The minimum Gasteiger partial charge on any atom is -0.497 e. The Kier molecular flexibility index (Phi) is 9.74. The first kappa shape index (κ1) is 26.3. The quantitative estimate of drug-likeness (QED) is 0.292. The molecule has 0 spiro atoms. The summed E-state index contributed by atoms with van der Waals surface area (Å²) in [6.45, 7) is 6.46. The molecule has 1 atom stereocenters. The highest BCUT2D eigenvalue weighted by atomic mass is 16.5. The van der Waals surface area contributed by atoms with Crippen molar-refractivity contribution in [1.29, 1.82) is 0 Å². The summed E-state index contributed by atoms with van der Waals surface area (Å²) >= 11 is 0. The minimum absolute atomic E-state index is 0.182. The molecule has 0 fully saturated rings. The molecule has 186 valence electrons. The van der Waals surface area contributed by atoms with Gasteiger partial charge in [0, 0.05) is 32.2 Å². The molecule has 1 aromatic heterocycles. The van der Waals surface area contributed by atoms with Crippen molar-refractivity contribution in [2.45, 2.75) is 26.5 Å². The first-order valence-corrected chi connectivity index (χ1v) is 11.8. The zero-order chi connectivity index (χ0) is 25.2. The Morgan fingerprint density at radius 1 is 1.06 bits per heavy atom. The number of nitrogens with zero attached hydrogens (tertiary/aromatic N) is 3. The van der Waals surface area contributed by atoms with Crippen LogP contribution in [0.2, 0.25) is 0 Å². The monoisotopic (exact) mass is 477 g/mol. The Morgan fingerprint density at radius 3 is 2.37 bits per heavy atom. The second-order valence-electron chi connectivity index (χ2n) is 8.86. The number of rotatable bonds is 13. The van der Waals surface area contributed by atoms with E-state index in [4.69, 9.17) is 25.7 Å². The molecule has 2 aromatic carbocycles. The summed E-state index contributed by atoms with van der Waals surface area (Å²) in [6.07, 6.45) is 4.60. The molecule has 1 heterocycles. The fraction of sp³-hybridized carbons (Fsp3) is 0.393. The van der Waals surface area contributed by atoms with Crippen LogP contribution in [0.5, 0.6) is 17.4 Å². The van der Waals surface area contributed by atoms with Gasteiger partial charge >= 0.3 is 0 Å². The van der Waals surface area contributed by atoms with Gasteiger partial charge in [-0.15, -0.1) is 6.42 Å². The zero-order valence-electron chi connectivity index (χ0n) is 21.0. The van der Waals surface area contributed by atoms with Gasteiger partial charge in [-0.2, -0.15) is 5.10 Å². The van der Waals surface area contributed by atoms with Crippen LogP contribution in [0.4, 0.5) is 0 Å². The van der Waals surface area contributed by atoms with Crippen molar-refractivity contribution in [3.63, 3.8) is 0 Å². The summed E-state index contributed by atoms with van der Waals surface area (Å²) in [5, 5.41) is 15.4. The minimum atomic E-state index is -0.662. The zero-order valence-corrected chi connectivity index (χ0v) is 21.0. The molecular weight excluding hydrogens is 442 g/mol. The highest BCUT2D eigenvalue weighted by molar-refractivity contribution is 5.65. The molecule has 0 radical (unpaired) electrons. The van der Waals surface area contributed by atoms with Gasteiger partial charge in [-0.3, -0.25) is 4.90 Å². The lowest BCUT2D eigenvalue weighted by molar-refractivity contribution is 0.0237. The summed E-state index contributed by atoms with van der Waals surface area (Å²) in [6, 6.07) is 17.5. The number of aryl methyl sites for hydroxylation is 1. The van der Waals surface area contributed by atoms with Crippen LogP contribution in [0.3, 0.4) is 0 Å². The number of aromatic nitrogens is 2. The van der Waals surface area contributed by atoms with Crippen molar-refractivity contribution in [2.75, 3.05) is 33.4 Å². The average Bonchev–Trinajstić information content (AvgIpc) is 3.14. The molecule has 0 aliphatic rings. The lowest BCUT2D eigenvalue weighted by atomic mass is 10.1. The first-order valence-electron chi connectivity index (χ1n) is 11.8. The van der Waals surface area contributed by atoms with Crippen LogP contribution in [0, 0.1) is 18.3 Å². The Balaban J connectivity index is 1.94. The third-order valence-electron chi connectivity index (χ3n) is 5.38. The van der Waals surface area contributed by atoms with E-state index in [0.717, 1.165) is 29.1 Å². The summed E-state index contributed by atoms with van der Waals surface area (Å²) in [7, 11) is 3.51. The van der Waals surface area contributed by atoms with E-state index >= 15 is 0 Å². The standard InChI is InChI=1S/C28H35N3O4/c1-6-16-34-20-23(32)18-31(17-21(2)3)19-26-27(22-10-8-7-9-11-22)29-30(4)28(26)35-25-14-12-24(33-5)13-15-25/h1,7-15,21,23,32H,16-20H2,2-5H3. The third-order valence-corrected chi connectivity index (χ3v) is 5.38.